The Bertz CT molecular complexity index is 701. The highest BCUT2D eigenvalue weighted by atomic mass is 16.3. The van der Waals surface area contributed by atoms with Crippen molar-refractivity contribution >= 4 is 23.5 Å². The minimum absolute atomic E-state index is 0.0227. The molecule has 26 heavy (non-hydrogen) atoms. The van der Waals surface area contributed by atoms with E-state index in [1.807, 2.05) is 62.5 Å². The summed E-state index contributed by atoms with van der Waals surface area (Å²) in [6.07, 6.45) is 2.70. The molecule has 0 fully saturated rings. The Morgan fingerprint density at radius 3 is 2.38 bits per heavy atom. The van der Waals surface area contributed by atoms with Crippen LogP contribution in [0, 0.1) is 6.92 Å². The number of amides is 1. The number of nitrogens with two attached hydrogens (primary N) is 2. The molecule has 7 heteroatoms. The quantitative estimate of drug-likeness (QED) is 0.294. The van der Waals surface area contributed by atoms with E-state index in [0.29, 0.717) is 18.5 Å². The van der Waals surface area contributed by atoms with E-state index < -0.39 is 0 Å². The highest BCUT2D eigenvalue weighted by Crippen LogP contribution is 2.16. The summed E-state index contributed by atoms with van der Waals surface area (Å²) < 4.78 is 0. The minimum atomic E-state index is 0.0227. The predicted molar refractivity (Wildman–Crippen MR) is 107 cm³/mol. The molecule has 2 rings (SSSR count). The summed E-state index contributed by atoms with van der Waals surface area (Å²) in [5.41, 5.74) is 9.99. The summed E-state index contributed by atoms with van der Waals surface area (Å²) in [4.78, 5) is 10.0. The van der Waals surface area contributed by atoms with Crippen LogP contribution in [0.3, 0.4) is 0 Å². The Morgan fingerprint density at radius 2 is 1.85 bits per heavy atom. The number of para-hydroxylation sites is 1. The molecule has 0 unspecified atom stereocenters. The second-order valence-electron chi connectivity index (χ2n) is 5.46. The lowest BCUT2D eigenvalue weighted by Gasteiger charge is -2.15. The SMILES string of the molecule is CNc1ccc(N(N)/C=C(\N)CCO)cc1.Cc1ccccc1NC=O. The molecule has 2 aromatic rings. The van der Waals surface area contributed by atoms with E-state index in [1.165, 1.54) is 5.01 Å². The molecule has 1 amide bonds. The van der Waals surface area contributed by atoms with Crippen LogP contribution >= 0.6 is 0 Å². The van der Waals surface area contributed by atoms with Gasteiger partial charge in [-0.3, -0.25) is 9.80 Å². The Labute approximate surface area is 154 Å². The Morgan fingerprint density at radius 1 is 1.19 bits per heavy atom. The number of aliphatic hydroxyl groups excluding tert-OH is 1. The summed E-state index contributed by atoms with van der Waals surface area (Å²) in [7, 11) is 1.86. The monoisotopic (exact) mass is 357 g/mol. The average molecular weight is 357 g/mol. The number of hydrogen-bond acceptors (Lipinski definition) is 6. The van der Waals surface area contributed by atoms with E-state index in [-0.39, 0.29) is 6.61 Å². The number of nitrogens with one attached hydrogen (secondary N) is 2. The van der Waals surface area contributed by atoms with E-state index in [4.69, 9.17) is 16.7 Å². The largest absolute Gasteiger partial charge is 0.401 e. The molecular formula is C19H27N5O2. The summed E-state index contributed by atoms with van der Waals surface area (Å²) in [6.45, 7) is 1.97. The van der Waals surface area contributed by atoms with Crippen molar-refractivity contribution in [3.05, 3.63) is 66.0 Å². The number of rotatable bonds is 7. The molecule has 0 saturated carbocycles. The van der Waals surface area contributed by atoms with Gasteiger partial charge in [0.05, 0.1) is 5.69 Å². The molecule has 140 valence electrons. The van der Waals surface area contributed by atoms with Crippen LogP contribution in [0.15, 0.2) is 60.4 Å². The first-order valence-electron chi connectivity index (χ1n) is 8.16. The first kappa shape index (κ1) is 21.0. The van der Waals surface area contributed by atoms with Gasteiger partial charge in [-0.05, 0) is 42.8 Å². The number of aryl methyl sites for hydroxylation is 1. The fourth-order valence-electron chi connectivity index (χ4n) is 2.05. The molecule has 0 atom stereocenters. The maximum Gasteiger partial charge on any atom is 0.211 e. The van der Waals surface area contributed by atoms with Gasteiger partial charge in [0.15, 0.2) is 0 Å². The standard InChI is InChI=1S/C11H18N4O.C8H9NO/c1-14-10-2-4-11(5-3-10)15(13)8-9(12)6-7-16;1-7-4-2-3-5-8(7)9-6-10/h2-5,8,14,16H,6-7,12-13H2,1H3;2-6H,1H3,(H,9,10)/b9-8-;. The van der Waals surface area contributed by atoms with Gasteiger partial charge in [0, 0.05) is 43.3 Å². The maximum atomic E-state index is 10.0. The fraction of sp³-hybridized carbons (Fsp3) is 0.211. The van der Waals surface area contributed by atoms with Gasteiger partial charge in [0.2, 0.25) is 6.41 Å². The molecule has 0 aromatic heterocycles. The van der Waals surface area contributed by atoms with Crippen molar-refractivity contribution in [2.45, 2.75) is 13.3 Å². The number of carbonyl (C=O) groups excluding carboxylic acids is 1. The van der Waals surface area contributed by atoms with Crippen molar-refractivity contribution in [2.75, 3.05) is 29.3 Å². The zero-order valence-electron chi connectivity index (χ0n) is 15.1. The number of anilines is 3. The first-order valence-corrected chi connectivity index (χ1v) is 8.16. The number of aliphatic hydroxyl groups is 1. The minimum Gasteiger partial charge on any atom is -0.401 e. The number of hydrogen-bond donors (Lipinski definition) is 5. The van der Waals surface area contributed by atoms with Crippen molar-refractivity contribution in [3.8, 4) is 0 Å². The molecule has 0 saturated heterocycles. The molecular weight excluding hydrogens is 330 g/mol. The topological polar surface area (TPSA) is 117 Å². The molecule has 7 N–H and O–H groups in total. The summed E-state index contributed by atoms with van der Waals surface area (Å²) in [5.74, 6) is 5.79. The molecule has 0 spiro atoms. The van der Waals surface area contributed by atoms with Gasteiger partial charge in [-0.25, -0.2) is 5.84 Å². The average Bonchev–Trinajstić information content (AvgIpc) is 2.64. The lowest BCUT2D eigenvalue weighted by atomic mass is 10.2. The van der Waals surface area contributed by atoms with Gasteiger partial charge >= 0.3 is 0 Å². The highest BCUT2D eigenvalue weighted by Gasteiger charge is 1.99. The van der Waals surface area contributed by atoms with Gasteiger partial charge < -0.3 is 21.5 Å². The van der Waals surface area contributed by atoms with E-state index in [0.717, 1.165) is 22.6 Å². The lowest BCUT2D eigenvalue weighted by Crippen LogP contribution is -2.26. The van der Waals surface area contributed by atoms with Crippen molar-refractivity contribution in [1.29, 1.82) is 0 Å². The fourth-order valence-corrected chi connectivity index (χ4v) is 2.05. The van der Waals surface area contributed by atoms with Crippen LogP contribution < -0.4 is 27.2 Å². The Hall–Kier alpha value is -3.03. The third-order valence-corrected chi connectivity index (χ3v) is 3.52. The van der Waals surface area contributed by atoms with Crippen molar-refractivity contribution < 1.29 is 9.90 Å². The van der Waals surface area contributed by atoms with E-state index in [1.54, 1.807) is 6.20 Å². The van der Waals surface area contributed by atoms with Crippen LogP contribution in [-0.4, -0.2) is 25.2 Å². The van der Waals surface area contributed by atoms with Crippen LogP contribution in [-0.2, 0) is 4.79 Å². The van der Waals surface area contributed by atoms with Gasteiger partial charge in [-0.15, -0.1) is 0 Å². The Balaban J connectivity index is 0.000000289. The van der Waals surface area contributed by atoms with Gasteiger partial charge in [0.25, 0.3) is 0 Å². The smallest absolute Gasteiger partial charge is 0.211 e. The lowest BCUT2D eigenvalue weighted by molar-refractivity contribution is -0.105. The summed E-state index contributed by atoms with van der Waals surface area (Å²) in [5, 5.41) is 15.8. The summed E-state index contributed by atoms with van der Waals surface area (Å²) >= 11 is 0. The predicted octanol–water partition coefficient (Wildman–Crippen LogP) is 2.15. The molecule has 0 aliphatic heterocycles. The molecule has 0 heterocycles. The first-order chi connectivity index (χ1) is 12.5. The zero-order valence-corrected chi connectivity index (χ0v) is 15.1. The molecule has 0 bridgehead atoms. The number of nitrogens with zero attached hydrogens (tertiary/aromatic N) is 1. The van der Waals surface area contributed by atoms with Gasteiger partial charge in [-0.2, -0.15) is 0 Å². The van der Waals surface area contributed by atoms with Crippen molar-refractivity contribution in [1.82, 2.24) is 0 Å². The van der Waals surface area contributed by atoms with Crippen molar-refractivity contribution in [3.63, 3.8) is 0 Å². The van der Waals surface area contributed by atoms with Crippen LogP contribution in [0.25, 0.3) is 0 Å². The molecule has 0 aliphatic carbocycles. The third-order valence-electron chi connectivity index (χ3n) is 3.52. The van der Waals surface area contributed by atoms with E-state index >= 15 is 0 Å². The normalized spacial score (nSPS) is 10.4. The van der Waals surface area contributed by atoms with Crippen LogP contribution in [0.5, 0.6) is 0 Å². The zero-order chi connectivity index (χ0) is 19.4. The second-order valence-corrected chi connectivity index (χ2v) is 5.46. The second kappa shape index (κ2) is 11.5. The van der Waals surface area contributed by atoms with Gasteiger partial charge in [0.1, 0.15) is 0 Å². The molecule has 0 radical (unpaired) electrons. The number of carbonyl (C=O) groups is 1. The van der Waals surface area contributed by atoms with E-state index in [2.05, 4.69) is 10.6 Å². The molecule has 2 aromatic carbocycles. The highest BCUT2D eigenvalue weighted by molar-refractivity contribution is 5.72. The van der Waals surface area contributed by atoms with Crippen molar-refractivity contribution in [2.24, 2.45) is 11.6 Å². The Kier molecular flexibility index (Phi) is 9.30. The van der Waals surface area contributed by atoms with Crippen LogP contribution in [0.2, 0.25) is 0 Å². The molecule has 7 nitrogen and oxygen atoms in total. The van der Waals surface area contributed by atoms with Crippen LogP contribution in [0.1, 0.15) is 12.0 Å². The summed E-state index contributed by atoms with van der Waals surface area (Å²) in [6, 6.07) is 15.2. The maximum absolute atomic E-state index is 10.0. The third kappa shape index (κ3) is 7.25. The van der Waals surface area contributed by atoms with Gasteiger partial charge in [-0.1, -0.05) is 18.2 Å². The van der Waals surface area contributed by atoms with E-state index in [9.17, 15) is 4.79 Å². The molecule has 0 aliphatic rings. The van der Waals surface area contributed by atoms with Crippen LogP contribution in [0.4, 0.5) is 17.1 Å². The number of hydrazine groups is 1. The number of benzene rings is 2.